The minimum absolute atomic E-state index is 0.0591. The van der Waals surface area contributed by atoms with Gasteiger partial charge in [-0.15, -0.1) is 0 Å². The van der Waals surface area contributed by atoms with E-state index in [1.165, 1.54) is 6.92 Å². The molecule has 0 aliphatic carbocycles. The van der Waals surface area contributed by atoms with Crippen molar-refractivity contribution < 1.29 is 14.7 Å². The lowest BCUT2D eigenvalue weighted by molar-refractivity contribution is -0.144. The Morgan fingerprint density at radius 2 is 1.86 bits per heavy atom. The van der Waals surface area contributed by atoms with Crippen LogP contribution in [0.2, 0.25) is 0 Å². The fourth-order valence-corrected chi connectivity index (χ4v) is 2.18. The third kappa shape index (κ3) is 3.74. The molecule has 1 aromatic carbocycles. The standard InChI is InChI=1S/C16H24N2O3/c1-5-12(3)18(6-2)15(21)17-16(4,14(19)20)13-10-8-7-9-11-13/h7-12H,5-6H2,1-4H3,(H,17,21)(H,19,20). The molecule has 0 radical (unpaired) electrons. The third-order valence-corrected chi connectivity index (χ3v) is 3.86. The summed E-state index contributed by atoms with van der Waals surface area (Å²) in [6, 6.07) is 8.43. The maximum Gasteiger partial charge on any atom is 0.333 e. The molecular weight excluding hydrogens is 268 g/mol. The number of nitrogens with zero attached hydrogens (tertiary/aromatic N) is 1. The molecule has 0 fully saturated rings. The number of carboxylic acid groups (broad SMARTS) is 1. The number of benzene rings is 1. The summed E-state index contributed by atoms with van der Waals surface area (Å²) < 4.78 is 0. The van der Waals surface area contributed by atoms with Crippen molar-refractivity contribution in [2.75, 3.05) is 6.54 Å². The van der Waals surface area contributed by atoms with Crippen LogP contribution < -0.4 is 5.32 Å². The SMILES string of the molecule is CCC(C)N(CC)C(=O)NC(C)(C(=O)O)c1ccccc1. The zero-order valence-corrected chi connectivity index (χ0v) is 13.1. The molecule has 0 saturated heterocycles. The van der Waals surface area contributed by atoms with Crippen LogP contribution in [0.4, 0.5) is 4.79 Å². The Balaban J connectivity index is 3.04. The first-order valence-electron chi connectivity index (χ1n) is 7.24. The third-order valence-electron chi connectivity index (χ3n) is 3.86. The lowest BCUT2D eigenvalue weighted by Gasteiger charge is -2.33. The number of hydrogen-bond donors (Lipinski definition) is 2. The predicted octanol–water partition coefficient (Wildman–Crippen LogP) is 2.82. The number of aliphatic carboxylic acids is 1. The minimum Gasteiger partial charge on any atom is -0.479 e. The number of carbonyl (C=O) groups excluding carboxylic acids is 1. The van der Waals surface area contributed by atoms with Crippen LogP contribution in [0.1, 0.15) is 39.7 Å². The van der Waals surface area contributed by atoms with E-state index in [-0.39, 0.29) is 12.1 Å². The second-order valence-corrected chi connectivity index (χ2v) is 5.27. The second-order valence-electron chi connectivity index (χ2n) is 5.27. The van der Waals surface area contributed by atoms with E-state index in [0.717, 1.165) is 6.42 Å². The van der Waals surface area contributed by atoms with Gasteiger partial charge in [-0.05, 0) is 32.8 Å². The molecule has 2 unspecified atom stereocenters. The molecule has 0 heterocycles. The fourth-order valence-electron chi connectivity index (χ4n) is 2.18. The molecule has 116 valence electrons. The summed E-state index contributed by atoms with van der Waals surface area (Å²) in [6.45, 7) is 7.86. The van der Waals surface area contributed by atoms with E-state index in [4.69, 9.17) is 0 Å². The topological polar surface area (TPSA) is 69.6 Å². The van der Waals surface area contributed by atoms with Gasteiger partial charge in [-0.2, -0.15) is 0 Å². The number of nitrogens with one attached hydrogen (secondary N) is 1. The number of carboxylic acids is 1. The fraction of sp³-hybridized carbons (Fsp3) is 0.500. The Kier molecular flexibility index (Phi) is 5.76. The van der Waals surface area contributed by atoms with Crippen LogP contribution in [-0.4, -0.2) is 34.6 Å². The van der Waals surface area contributed by atoms with Crippen molar-refractivity contribution in [2.24, 2.45) is 0 Å². The predicted molar refractivity (Wildman–Crippen MR) is 82.1 cm³/mol. The van der Waals surface area contributed by atoms with Gasteiger partial charge in [0.05, 0.1) is 0 Å². The van der Waals surface area contributed by atoms with Gasteiger partial charge < -0.3 is 15.3 Å². The van der Waals surface area contributed by atoms with E-state index >= 15 is 0 Å². The Hall–Kier alpha value is -2.04. The van der Waals surface area contributed by atoms with Gasteiger partial charge in [0.2, 0.25) is 0 Å². The molecule has 2 amide bonds. The monoisotopic (exact) mass is 292 g/mol. The Bertz CT molecular complexity index is 490. The first-order chi connectivity index (χ1) is 9.86. The van der Waals surface area contributed by atoms with Gasteiger partial charge in [-0.1, -0.05) is 37.3 Å². The first kappa shape index (κ1) is 17.0. The summed E-state index contributed by atoms with van der Waals surface area (Å²) >= 11 is 0. The Labute approximate surface area is 126 Å². The molecule has 0 aliphatic rings. The van der Waals surface area contributed by atoms with Crippen molar-refractivity contribution in [3.05, 3.63) is 35.9 Å². The Morgan fingerprint density at radius 3 is 2.29 bits per heavy atom. The maximum absolute atomic E-state index is 12.4. The largest absolute Gasteiger partial charge is 0.479 e. The average molecular weight is 292 g/mol. The smallest absolute Gasteiger partial charge is 0.333 e. The van der Waals surface area contributed by atoms with Gasteiger partial charge >= 0.3 is 12.0 Å². The van der Waals surface area contributed by atoms with Crippen molar-refractivity contribution in [3.63, 3.8) is 0 Å². The quantitative estimate of drug-likeness (QED) is 0.847. The maximum atomic E-state index is 12.4. The number of rotatable bonds is 6. The average Bonchev–Trinajstić information content (AvgIpc) is 2.48. The molecule has 0 aliphatic heterocycles. The summed E-state index contributed by atoms with van der Waals surface area (Å²) in [7, 11) is 0. The summed E-state index contributed by atoms with van der Waals surface area (Å²) in [6.07, 6.45) is 0.816. The highest BCUT2D eigenvalue weighted by atomic mass is 16.4. The molecule has 1 aromatic rings. The normalized spacial score (nSPS) is 14.9. The van der Waals surface area contributed by atoms with E-state index in [1.807, 2.05) is 26.8 Å². The second kappa shape index (κ2) is 7.11. The van der Waals surface area contributed by atoms with E-state index < -0.39 is 11.5 Å². The highest BCUT2D eigenvalue weighted by Crippen LogP contribution is 2.21. The van der Waals surface area contributed by atoms with E-state index in [9.17, 15) is 14.7 Å². The highest BCUT2D eigenvalue weighted by molar-refractivity contribution is 5.87. The summed E-state index contributed by atoms with van der Waals surface area (Å²) in [5.74, 6) is -1.08. The zero-order valence-electron chi connectivity index (χ0n) is 13.1. The molecule has 0 spiro atoms. The molecule has 2 atom stereocenters. The van der Waals surface area contributed by atoms with Gasteiger partial charge in [0.1, 0.15) is 0 Å². The van der Waals surface area contributed by atoms with E-state index in [0.29, 0.717) is 12.1 Å². The van der Waals surface area contributed by atoms with Crippen molar-refractivity contribution in [1.82, 2.24) is 10.2 Å². The van der Waals surface area contributed by atoms with Gasteiger partial charge in [-0.25, -0.2) is 9.59 Å². The van der Waals surface area contributed by atoms with Gasteiger partial charge in [0, 0.05) is 12.6 Å². The minimum atomic E-state index is -1.45. The van der Waals surface area contributed by atoms with Crippen LogP contribution in [-0.2, 0) is 10.3 Å². The lowest BCUT2D eigenvalue weighted by Crippen LogP contribution is -2.55. The first-order valence-corrected chi connectivity index (χ1v) is 7.24. The van der Waals surface area contributed by atoms with Crippen LogP contribution in [0.5, 0.6) is 0 Å². The lowest BCUT2D eigenvalue weighted by atomic mass is 9.92. The molecular formula is C16H24N2O3. The van der Waals surface area contributed by atoms with E-state index in [1.54, 1.807) is 29.2 Å². The molecule has 5 heteroatoms. The molecule has 2 N–H and O–H groups in total. The van der Waals surface area contributed by atoms with Gasteiger partial charge in [-0.3, -0.25) is 0 Å². The van der Waals surface area contributed by atoms with E-state index in [2.05, 4.69) is 5.32 Å². The van der Waals surface area contributed by atoms with Crippen molar-refractivity contribution in [1.29, 1.82) is 0 Å². The number of carbonyl (C=O) groups is 2. The Morgan fingerprint density at radius 1 is 1.29 bits per heavy atom. The van der Waals surface area contributed by atoms with Crippen LogP contribution in [0.3, 0.4) is 0 Å². The van der Waals surface area contributed by atoms with Crippen molar-refractivity contribution >= 4 is 12.0 Å². The number of amides is 2. The molecule has 1 rings (SSSR count). The molecule has 0 saturated carbocycles. The molecule has 0 aromatic heterocycles. The van der Waals surface area contributed by atoms with Gasteiger partial charge in [0.25, 0.3) is 0 Å². The summed E-state index contributed by atoms with van der Waals surface area (Å²) in [5.41, 5.74) is -0.898. The summed E-state index contributed by atoms with van der Waals surface area (Å²) in [5, 5.41) is 12.2. The molecule has 5 nitrogen and oxygen atoms in total. The van der Waals surface area contributed by atoms with Crippen LogP contribution in [0.15, 0.2) is 30.3 Å². The van der Waals surface area contributed by atoms with Crippen molar-refractivity contribution in [3.8, 4) is 0 Å². The number of hydrogen-bond acceptors (Lipinski definition) is 2. The van der Waals surface area contributed by atoms with Crippen LogP contribution >= 0.6 is 0 Å². The van der Waals surface area contributed by atoms with Crippen molar-refractivity contribution in [2.45, 2.75) is 45.7 Å². The molecule has 0 bridgehead atoms. The van der Waals surface area contributed by atoms with Gasteiger partial charge in [0.15, 0.2) is 5.54 Å². The number of urea groups is 1. The summed E-state index contributed by atoms with van der Waals surface area (Å²) in [4.78, 5) is 25.7. The van der Waals surface area contributed by atoms with Crippen LogP contribution in [0, 0.1) is 0 Å². The highest BCUT2D eigenvalue weighted by Gasteiger charge is 2.38. The zero-order chi connectivity index (χ0) is 16.0. The molecule has 21 heavy (non-hydrogen) atoms. The van der Waals surface area contributed by atoms with Crippen LogP contribution in [0.25, 0.3) is 0 Å².